The first-order valence-corrected chi connectivity index (χ1v) is 14.2. The van der Waals surface area contributed by atoms with E-state index in [1.54, 1.807) is 41.0 Å². The molecule has 3 aromatic carbocycles. The van der Waals surface area contributed by atoms with Crippen LogP contribution in [0.3, 0.4) is 0 Å². The molecule has 0 saturated heterocycles. The first-order chi connectivity index (χ1) is 22.1. The topological polar surface area (TPSA) is 139 Å². The molecule has 12 heteroatoms. The van der Waals surface area contributed by atoms with Gasteiger partial charge in [-0.1, -0.05) is 24.3 Å². The minimum absolute atomic E-state index is 0.0762. The number of imidazole rings is 1. The summed E-state index contributed by atoms with van der Waals surface area (Å²) < 4.78 is 42.9. The van der Waals surface area contributed by atoms with Crippen LogP contribution in [-0.2, 0) is 29.1 Å². The number of aromatic carboxylic acids is 1. The summed E-state index contributed by atoms with van der Waals surface area (Å²) in [7, 11) is 1.51. The van der Waals surface area contributed by atoms with Crippen LogP contribution in [0.25, 0.3) is 22.3 Å². The van der Waals surface area contributed by atoms with Crippen LogP contribution >= 0.6 is 0 Å². The molecular formula is C34H29F2N5O5. The van der Waals surface area contributed by atoms with Gasteiger partial charge in [-0.25, -0.2) is 23.5 Å². The molecular weight excluding hydrogens is 596 g/mol. The minimum atomic E-state index is -1.09. The lowest BCUT2D eigenvalue weighted by Crippen LogP contribution is -2.34. The van der Waals surface area contributed by atoms with Gasteiger partial charge in [-0.05, 0) is 48.0 Å². The Hall–Kier alpha value is -5.67. The molecule has 5 rings (SSSR count). The van der Waals surface area contributed by atoms with Gasteiger partial charge in [-0.2, -0.15) is 5.26 Å². The maximum absolute atomic E-state index is 15.6. The lowest BCUT2D eigenvalue weighted by Gasteiger charge is -2.19. The minimum Gasteiger partial charge on any atom is -0.478 e. The van der Waals surface area contributed by atoms with Crippen molar-refractivity contribution in [2.45, 2.75) is 32.6 Å². The highest BCUT2D eigenvalue weighted by atomic mass is 19.1. The van der Waals surface area contributed by atoms with E-state index in [0.29, 0.717) is 33.7 Å². The molecule has 234 valence electrons. The number of nitrogens with one attached hydrogen (secondary N) is 1. The Labute approximate surface area is 262 Å². The standard InChI is InChI=1S/C34H29F2N5O5/c1-20(42)38-17-26(45-2)18-41-31-14-24(34(43)44)10-11-30(31)39-32(41)15-22-8-9-23(13-28(22)36)29-4-3-5-33(40-29)46-19-25-7-6-21(16-37)12-27(25)35/h3-14,26H,15,17-19H2,1-2H3,(H,38,42)(H,43,44)/t26-/m1/s1. The molecule has 1 atom stereocenters. The highest BCUT2D eigenvalue weighted by molar-refractivity contribution is 5.92. The van der Waals surface area contributed by atoms with Crippen LogP contribution in [0.1, 0.15) is 39.8 Å². The molecule has 0 aliphatic rings. The summed E-state index contributed by atoms with van der Waals surface area (Å²) in [5.41, 5.74) is 2.90. The van der Waals surface area contributed by atoms with Crippen LogP contribution in [0.4, 0.5) is 8.78 Å². The van der Waals surface area contributed by atoms with Gasteiger partial charge in [0.05, 0.1) is 46.6 Å². The van der Waals surface area contributed by atoms with Crippen molar-refractivity contribution in [2.75, 3.05) is 13.7 Å². The van der Waals surface area contributed by atoms with Crippen molar-refractivity contribution in [3.63, 3.8) is 0 Å². The molecule has 0 aliphatic heterocycles. The van der Waals surface area contributed by atoms with E-state index in [2.05, 4.69) is 15.3 Å². The van der Waals surface area contributed by atoms with E-state index in [9.17, 15) is 19.1 Å². The van der Waals surface area contributed by atoms with Gasteiger partial charge in [0.2, 0.25) is 11.8 Å². The Bertz CT molecular complexity index is 1970. The van der Waals surface area contributed by atoms with Crippen LogP contribution in [0, 0.1) is 23.0 Å². The van der Waals surface area contributed by atoms with Crippen LogP contribution in [0.5, 0.6) is 5.88 Å². The summed E-state index contributed by atoms with van der Waals surface area (Å²) in [5, 5.41) is 21.2. The van der Waals surface area contributed by atoms with Crippen molar-refractivity contribution in [3.05, 3.63) is 113 Å². The monoisotopic (exact) mass is 625 g/mol. The Morgan fingerprint density at radius 1 is 1.02 bits per heavy atom. The molecule has 1 amide bonds. The molecule has 10 nitrogen and oxygen atoms in total. The van der Waals surface area contributed by atoms with Gasteiger partial charge >= 0.3 is 5.97 Å². The number of nitriles is 1. The summed E-state index contributed by atoms with van der Waals surface area (Å²) in [6, 6.07) is 20.3. The van der Waals surface area contributed by atoms with Gasteiger partial charge < -0.3 is 24.5 Å². The number of nitrogens with zero attached hydrogens (tertiary/aromatic N) is 4. The van der Waals surface area contributed by atoms with Gasteiger partial charge in [-0.15, -0.1) is 0 Å². The number of aromatic nitrogens is 3. The number of amides is 1. The zero-order valence-corrected chi connectivity index (χ0v) is 25.0. The summed E-state index contributed by atoms with van der Waals surface area (Å²) in [6.45, 7) is 1.73. The maximum Gasteiger partial charge on any atom is 0.335 e. The van der Waals surface area contributed by atoms with Crippen LogP contribution in [-0.4, -0.2) is 51.3 Å². The lowest BCUT2D eigenvalue weighted by molar-refractivity contribution is -0.119. The number of carbonyl (C=O) groups excluding carboxylic acids is 1. The summed E-state index contributed by atoms with van der Waals surface area (Å²) in [5.74, 6) is -1.68. The number of carboxylic acids is 1. The SMILES string of the molecule is CO[C@H](CNC(C)=O)Cn1c(Cc2ccc(-c3cccc(OCc4ccc(C#N)cc4F)n3)cc2F)nc2ccc(C(=O)O)cc21. The molecule has 2 heterocycles. The lowest BCUT2D eigenvalue weighted by atomic mass is 10.1. The van der Waals surface area contributed by atoms with E-state index in [0.717, 1.165) is 6.07 Å². The van der Waals surface area contributed by atoms with Crippen molar-refractivity contribution in [1.82, 2.24) is 19.9 Å². The number of ether oxygens (including phenoxy) is 2. The highest BCUT2D eigenvalue weighted by Crippen LogP contribution is 2.26. The Morgan fingerprint density at radius 2 is 1.80 bits per heavy atom. The molecule has 2 N–H and O–H groups in total. The Balaban J connectivity index is 1.39. The predicted molar refractivity (Wildman–Crippen MR) is 164 cm³/mol. The fourth-order valence-electron chi connectivity index (χ4n) is 4.89. The first-order valence-electron chi connectivity index (χ1n) is 14.2. The van der Waals surface area contributed by atoms with Crippen LogP contribution in [0.15, 0.2) is 72.8 Å². The fourth-order valence-corrected chi connectivity index (χ4v) is 4.89. The second-order valence-electron chi connectivity index (χ2n) is 10.5. The number of rotatable bonds is 12. The molecule has 0 unspecified atom stereocenters. The van der Waals surface area contributed by atoms with Crippen molar-refractivity contribution in [2.24, 2.45) is 0 Å². The largest absolute Gasteiger partial charge is 0.478 e. The van der Waals surface area contributed by atoms with Gasteiger partial charge in [-0.3, -0.25) is 4.79 Å². The predicted octanol–water partition coefficient (Wildman–Crippen LogP) is 5.27. The third kappa shape index (κ3) is 7.34. The molecule has 0 radical (unpaired) electrons. The number of pyridine rings is 1. The van der Waals surface area contributed by atoms with E-state index in [-0.39, 0.29) is 54.6 Å². The van der Waals surface area contributed by atoms with Gasteiger partial charge in [0.15, 0.2) is 0 Å². The van der Waals surface area contributed by atoms with E-state index >= 15 is 4.39 Å². The Morgan fingerprint density at radius 3 is 2.50 bits per heavy atom. The number of fused-ring (bicyclic) bond motifs is 1. The quantitative estimate of drug-likeness (QED) is 0.191. The normalized spacial score (nSPS) is 11.6. The zero-order chi connectivity index (χ0) is 32.8. The van der Waals surface area contributed by atoms with Crippen molar-refractivity contribution in [1.29, 1.82) is 5.26 Å². The van der Waals surface area contributed by atoms with Gasteiger partial charge in [0.1, 0.15) is 24.1 Å². The number of methoxy groups -OCH3 is 1. The van der Waals surface area contributed by atoms with Gasteiger partial charge in [0.25, 0.3) is 0 Å². The molecule has 0 saturated carbocycles. The number of hydrogen-bond donors (Lipinski definition) is 2. The number of halogens is 2. The van der Waals surface area contributed by atoms with E-state index in [1.165, 1.54) is 44.4 Å². The molecule has 0 bridgehead atoms. The molecule has 0 fully saturated rings. The van der Waals surface area contributed by atoms with E-state index < -0.39 is 23.7 Å². The molecule has 2 aromatic heterocycles. The summed E-state index contributed by atoms with van der Waals surface area (Å²) >= 11 is 0. The average Bonchev–Trinajstić information content (AvgIpc) is 3.38. The fraction of sp³-hybridized carbons (Fsp3) is 0.206. The second kappa shape index (κ2) is 14.0. The first kappa shape index (κ1) is 31.7. The molecule has 0 aliphatic carbocycles. The summed E-state index contributed by atoms with van der Waals surface area (Å²) in [6.07, 6.45) is -0.373. The second-order valence-corrected chi connectivity index (χ2v) is 10.5. The number of carbonyl (C=O) groups is 2. The van der Waals surface area contributed by atoms with Crippen molar-refractivity contribution in [3.8, 4) is 23.2 Å². The molecule has 0 spiro atoms. The van der Waals surface area contributed by atoms with E-state index in [4.69, 9.17) is 14.7 Å². The van der Waals surface area contributed by atoms with Crippen molar-refractivity contribution < 1.29 is 33.0 Å². The number of carboxylic acid groups (broad SMARTS) is 1. The van der Waals surface area contributed by atoms with E-state index in [1.807, 2.05) is 6.07 Å². The summed E-state index contributed by atoms with van der Waals surface area (Å²) in [4.78, 5) is 32.3. The highest BCUT2D eigenvalue weighted by Gasteiger charge is 2.19. The third-order valence-electron chi connectivity index (χ3n) is 7.35. The number of benzene rings is 3. The average molecular weight is 626 g/mol. The van der Waals surface area contributed by atoms with Crippen molar-refractivity contribution >= 4 is 22.9 Å². The molecule has 5 aromatic rings. The Kier molecular flexibility index (Phi) is 9.64. The number of hydrogen-bond acceptors (Lipinski definition) is 7. The van der Waals surface area contributed by atoms with Crippen LogP contribution in [0.2, 0.25) is 0 Å². The van der Waals surface area contributed by atoms with Crippen LogP contribution < -0.4 is 10.1 Å². The maximum atomic E-state index is 15.6. The third-order valence-corrected chi connectivity index (χ3v) is 7.35. The molecule has 46 heavy (non-hydrogen) atoms. The smallest absolute Gasteiger partial charge is 0.335 e. The zero-order valence-electron chi connectivity index (χ0n) is 25.0. The van der Waals surface area contributed by atoms with Gasteiger partial charge in [0, 0.05) is 44.2 Å².